The molecule has 2 rings (SSSR count). The third-order valence-electron chi connectivity index (χ3n) is 2.62. The van der Waals surface area contributed by atoms with Gasteiger partial charge in [-0.3, -0.25) is 4.68 Å². The molecule has 1 aromatic heterocycles. The van der Waals surface area contributed by atoms with Crippen LogP contribution >= 0.6 is 0 Å². The van der Waals surface area contributed by atoms with Crippen LogP contribution in [0.25, 0.3) is 0 Å². The highest BCUT2D eigenvalue weighted by Crippen LogP contribution is 2.22. The van der Waals surface area contributed by atoms with Crippen molar-refractivity contribution in [3.05, 3.63) is 47.3 Å². The van der Waals surface area contributed by atoms with E-state index in [0.29, 0.717) is 18.0 Å². The zero-order valence-electron chi connectivity index (χ0n) is 9.57. The van der Waals surface area contributed by atoms with Crippen molar-refractivity contribution in [3.63, 3.8) is 0 Å². The third kappa shape index (κ3) is 2.35. The first kappa shape index (κ1) is 12.6. The highest BCUT2D eigenvalue weighted by molar-refractivity contribution is 5.24. The second kappa shape index (κ2) is 4.77. The Kier molecular flexibility index (Phi) is 3.33. The molecular weight excluding hydrogens is 245 g/mol. The number of nitrogens with zero attached hydrogens (tertiary/aromatic N) is 3. The molecule has 2 N–H and O–H groups in total. The van der Waals surface area contributed by atoms with Gasteiger partial charge in [-0.1, -0.05) is 0 Å². The lowest BCUT2D eigenvalue weighted by Gasteiger charge is -2.13. The van der Waals surface area contributed by atoms with Crippen LogP contribution in [0.3, 0.4) is 0 Å². The summed E-state index contributed by atoms with van der Waals surface area (Å²) in [5.41, 5.74) is 5.38. The Morgan fingerprint density at radius 3 is 2.39 bits per heavy atom. The average Bonchev–Trinajstić information content (AvgIpc) is 2.62. The van der Waals surface area contributed by atoms with E-state index in [0.717, 1.165) is 0 Å². The smallest absolute Gasteiger partial charge is 0.138 e. The minimum absolute atomic E-state index is 0.107. The topological polar surface area (TPSA) is 56.7 Å². The van der Waals surface area contributed by atoms with E-state index in [-0.39, 0.29) is 12.0 Å². The molecule has 0 bridgehead atoms. The SMILES string of the molecule is Cn1ncnc1CC(N)c1c(F)cc(F)cc1F. The normalized spacial score (nSPS) is 12.7. The molecular formula is C11H11F3N4. The molecule has 0 saturated carbocycles. The van der Waals surface area contributed by atoms with Crippen LogP contribution in [0.5, 0.6) is 0 Å². The quantitative estimate of drug-likeness (QED) is 0.904. The first-order valence-electron chi connectivity index (χ1n) is 5.22. The maximum absolute atomic E-state index is 13.5. The van der Waals surface area contributed by atoms with Crippen LogP contribution in [-0.2, 0) is 13.5 Å². The molecule has 0 saturated heterocycles. The van der Waals surface area contributed by atoms with Crippen molar-refractivity contribution in [3.8, 4) is 0 Å². The van der Waals surface area contributed by atoms with Crippen molar-refractivity contribution >= 4 is 0 Å². The summed E-state index contributed by atoms with van der Waals surface area (Å²) in [7, 11) is 1.65. The maximum atomic E-state index is 13.5. The van der Waals surface area contributed by atoms with Gasteiger partial charge in [0.25, 0.3) is 0 Å². The predicted octanol–water partition coefficient (Wildman–Crippen LogP) is 1.47. The summed E-state index contributed by atoms with van der Waals surface area (Å²) in [6.45, 7) is 0. The molecule has 0 aliphatic rings. The van der Waals surface area contributed by atoms with Crippen molar-refractivity contribution in [1.82, 2.24) is 14.8 Å². The van der Waals surface area contributed by atoms with E-state index >= 15 is 0 Å². The van der Waals surface area contributed by atoms with Crippen molar-refractivity contribution < 1.29 is 13.2 Å². The fourth-order valence-electron chi connectivity index (χ4n) is 1.71. The molecule has 96 valence electrons. The van der Waals surface area contributed by atoms with Crippen LogP contribution in [-0.4, -0.2) is 14.8 Å². The van der Waals surface area contributed by atoms with Crippen LogP contribution in [0.15, 0.2) is 18.5 Å². The summed E-state index contributed by atoms with van der Waals surface area (Å²) >= 11 is 0. The highest BCUT2D eigenvalue weighted by atomic mass is 19.1. The molecule has 0 amide bonds. The van der Waals surface area contributed by atoms with Gasteiger partial charge >= 0.3 is 0 Å². The molecule has 4 nitrogen and oxygen atoms in total. The van der Waals surface area contributed by atoms with E-state index in [1.165, 1.54) is 11.0 Å². The third-order valence-corrected chi connectivity index (χ3v) is 2.62. The standard InChI is InChI=1S/C11H11F3N4/c1-18-10(16-5-17-18)4-9(15)11-7(13)2-6(12)3-8(11)14/h2-3,5,9H,4,15H2,1H3. The van der Waals surface area contributed by atoms with Gasteiger partial charge in [0.2, 0.25) is 0 Å². The first-order valence-corrected chi connectivity index (χ1v) is 5.22. The summed E-state index contributed by atoms with van der Waals surface area (Å²) in [5.74, 6) is -2.48. The summed E-state index contributed by atoms with van der Waals surface area (Å²) in [6.07, 6.45) is 1.43. The minimum atomic E-state index is -0.998. The fraction of sp³-hybridized carbons (Fsp3) is 0.273. The Bertz CT molecular complexity index is 544. The van der Waals surface area contributed by atoms with Gasteiger partial charge in [0.05, 0.1) is 0 Å². The van der Waals surface area contributed by atoms with Gasteiger partial charge in [-0.15, -0.1) is 0 Å². The minimum Gasteiger partial charge on any atom is -0.323 e. The van der Waals surface area contributed by atoms with E-state index in [1.807, 2.05) is 0 Å². The molecule has 0 aliphatic heterocycles. The summed E-state index contributed by atoms with van der Waals surface area (Å²) < 4.78 is 41.2. The molecule has 18 heavy (non-hydrogen) atoms. The van der Waals surface area contributed by atoms with E-state index < -0.39 is 23.5 Å². The monoisotopic (exact) mass is 256 g/mol. The predicted molar refractivity (Wildman–Crippen MR) is 58.0 cm³/mol. The summed E-state index contributed by atoms with van der Waals surface area (Å²) in [5, 5.41) is 3.82. The van der Waals surface area contributed by atoms with Crippen molar-refractivity contribution in [2.45, 2.75) is 12.5 Å². The molecule has 7 heteroatoms. The van der Waals surface area contributed by atoms with Crippen LogP contribution in [0.2, 0.25) is 0 Å². The Hall–Kier alpha value is -1.89. The van der Waals surface area contributed by atoms with Crippen LogP contribution in [0, 0.1) is 17.5 Å². The lowest BCUT2D eigenvalue weighted by molar-refractivity contribution is 0.495. The van der Waals surface area contributed by atoms with E-state index in [9.17, 15) is 13.2 Å². The van der Waals surface area contributed by atoms with E-state index in [4.69, 9.17) is 5.73 Å². The highest BCUT2D eigenvalue weighted by Gasteiger charge is 2.20. The molecule has 0 spiro atoms. The molecule has 0 radical (unpaired) electrons. The van der Waals surface area contributed by atoms with Gasteiger partial charge in [-0.2, -0.15) is 5.10 Å². The average molecular weight is 256 g/mol. The van der Waals surface area contributed by atoms with Crippen LogP contribution in [0.1, 0.15) is 17.4 Å². The number of aryl methyl sites for hydroxylation is 1. The van der Waals surface area contributed by atoms with Gasteiger partial charge in [-0.05, 0) is 0 Å². The number of hydrogen-bond acceptors (Lipinski definition) is 3. The van der Waals surface area contributed by atoms with Gasteiger partial charge in [0.1, 0.15) is 29.6 Å². The fourth-order valence-corrected chi connectivity index (χ4v) is 1.71. The lowest BCUT2D eigenvalue weighted by atomic mass is 10.0. The van der Waals surface area contributed by atoms with Crippen molar-refractivity contribution in [2.24, 2.45) is 12.8 Å². The zero-order chi connectivity index (χ0) is 13.3. The number of rotatable bonds is 3. The number of nitrogens with two attached hydrogens (primary N) is 1. The van der Waals surface area contributed by atoms with Crippen molar-refractivity contribution in [1.29, 1.82) is 0 Å². The first-order chi connectivity index (χ1) is 8.49. The van der Waals surface area contributed by atoms with Crippen LogP contribution in [0.4, 0.5) is 13.2 Å². The largest absolute Gasteiger partial charge is 0.323 e. The Morgan fingerprint density at radius 1 is 1.28 bits per heavy atom. The van der Waals surface area contributed by atoms with E-state index in [1.54, 1.807) is 7.05 Å². The molecule has 0 fully saturated rings. The van der Waals surface area contributed by atoms with Gasteiger partial charge < -0.3 is 5.73 Å². The number of halogens is 3. The van der Waals surface area contributed by atoms with Gasteiger partial charge in [0.15, 0.2) is 0 Å². The maximum Gasteiger partial charge on any atom is 0.138 e. The lowest BCUT2D eigenvalue weighted by Crippen LogP contribution is -2.19. The van der Waals surface area contributed by atoms with Crippen molar-refractivity contribution in [2.75, 3.05) is 0 Å². The van der Waals surface area contributed by atoms with Crippen LogP contribution < -0.4 is 5.73 Å². The number of hydrogen-bond donors (Lipinski definition) is 1. The molecule has 1 aromatic carbocycles. The second-order valence-electron chi connectivity index (χ2n) is 3.89. The number of aromatic nitrogens is 3. The van der Waals surface area contributed by atoms with Gasteiger partial charge in [-0.25, -0.2) is 18.2 Å². The molecule has 2 aromatic rings. The molecule has 1 heterocycles. The number of benzene rings is 1. The Labute approximate surface area is 101 Å². The molecule has 1 atom stereocenters. The summed E-state index contributed by atoms with van der Waals surface area (Å²) in [6, 6.07) is 0.262. The Morgan fingerprint density at radius 2 is 1.89 bits per heavy atom. The molecule has 0 aliphatic carbocycles. The Balaban J connectivity index is 2.29. The zero-order valence-corrected chi connectivity index (χ0v) is 9.57. The van der Waals surface area contributed by atoms with Gasteiger partial charge in [0, 0.05) is 37.2 Å². The second-order valence-corrected chi connectivity index (χ2v) is 3.89. The van der Waals surface area contributed by atoms with E-state index in [2.05, 4.69) is 10.1 Å². The summed E-state index contributed by atoms with van der Waals surface area (Å²) in [4.78, 5) is 3.91. The molecule has 1 unspecified atom stereocenters.